The van der Waals surface area contributed by atoms with E-state index >= 15 is 0 Å². The number of amides is 2. The van der Waals surface area contributed by atoms with E-state index in [0.717, 1.165) is 41.7 Å². The molecule has 1 atom stereocenters. The van der Waals surface area contributed by atoms with Crippen LogP contribution in [-0.2, 0) is 5.60 Å². The summed E-state index contributed by atoms with van der Waals surface area (Å²) in [7, 11) is 0. The predicted molar refractivity (Wildman–Crippen MR) is 149 cm³/mol. The Morgan fingerprint density at radius 3 is 1.89 bits per heavy atom. The number of urea groups is 1. The standard InChI is InChI=1S/C32H45N3O2/c1-24(32(37,28-8-4-2-5-9-28)29-10-6-3-7-11-29)33-31(36)34-30-18-16-25(17-19-30)20-21-35-22-26-12-13-27(23-35)15-14-26/h2-11,24-27,30,37H,12-23H2,1H3,(H2,33,34,36). The Bertz CT molecular complexity index is 928. The summed E-state index contributed by atoms with van der Waals surface area (Å²) in [6.07, 6.45) is 11.6. The lowest BCUT2D eigenvalue weighted by atomic mass is 9.81. The summed E-state index contributed by atoms with van der Waals surface area (Å²) in [6, 6.07) is 18.7. The minimum absolute atomic E-state index is 0.193. The van der Waals surface area contributed by atoms with E-state index in [1.807, 2.05) is 67.6 Å². The number of hydrogen-bond donors (Lipinski definition) is 3. The lowest BCUT2D eigenvalue weighted by Gasteiger charge is -2.36. The van der Waals surface area contributed by atoms with Gasteiger partial charge >= 0.3 is 6.03 Å². The zero-order valence-corrected chi connectivity index (χ0v) is 22.4. The highest BCUT2D eigenvalue weighted by Gasteiger charge is 2.39. The second-order valence-electron chi connectivity index (χ2n) is 12.0. The molecule has 2 aromatic rings. The first-order valence-corrected chi connectivity index (χ1v) is 14.6. The minimum Gasteiger partial charge on any atom is -0.378 e. The van der Waals surface area contributed by atoms with Gasteiger partial charge in [0.15, 0.2) is 0 Å². The second kappa shape index (κ2) is 12.0. The van der Waals surface area contributed by atoms with E-state index in [1.165, 1.54) is 64.6 Å². The average Bonchev–Trinajstić information content (AvgIpc) is 3.26. The van der Waals surface area contributed by atoms with Crippen LogP contribution < -0.4 is 10.6 Å². The molecule has 2 saturated carbocycles. The van der Waals surface area contributed by atoms with Gasteiger partial charge in [0.1, 0.15) is 5.60 Å². The van der Waals surface area contributed by atoms with Crippen molar-refractivity contribution in [3.8, 4) is 0 Å². The fourth-order valence-electron chi connectivity index (χ4n) is 7.12. The molecule has 1 unspecified atom stereocenters. The van der Waals surface area contributed by atoms with Crippen LogP contribution in [0.3, 0.4) is 0 Å². The molecular formula is C32H45N3O2. The van der Waals surface area contributed by atoms with Crippen molar-refractivity contribution >= 4 is 6.03 Å². The van der Waals surface area contributed by atoms with Crippen molar-refractivity contribution in [2.24, 2.45) is 17.8 Å². The normalized spacial score (nSPS) is 27.3. The number of carbonyl (C=O) groups excluding carboxylic acids is 1. The van der Waals surface area contributed by atoms with Crippen molar-refractivity contribution in [3.05, 3.63) is 71.8 Å². The Balaban J connectivity index is 1.10. The Morgan fingerprint density at radius 2 is 1.38 bits per heavy atom. The molecule has 5 nitrogen and oxygen atoms in total. The van der Waals surface area contributed by atoms with Gasteiger partial charge < -0.3 is 20.6 Å². The number of carbonyl (C=O) groups is 1. The molecule has 4 fully saturated rings. The molecule has 3 N–H and O–H groups in total. The quantitative estimate of drug-likeness (QED) is 0.434. The summed E-state index contributed by atoms with van der Waals surface area (Å²) in [4.78, 5) is 15.8. The average molecular weight is 504 g/mol. The number of rotatable bonds is 8. The SMILES string of the molecule is CC(NC(=O)NC1CCC(CCN2CC3CCC(CC3)C2)CC1)C(O)(c1ccccc1)c1ccccc1. The number of benzene rings is 2. The van der Waals surface area contributed by atoms with Crippen LogP contribution in [0.25, 0.3) is 0 Å². The molecule has 0 spiro atoms. The van der Waals surface area contributed by atoms with Crippen LogP contribution in [0, 0.1) is 17.8 Å². The van der Waals surface area contributed by atoms with Gasteiger partial charge in [0.25, 0.3) is 0 Å². The van der Waals surface area contributed by atoms with Gasteiger partial charge in [-0.3, -0.25) is 0 Å². The van der Waals surface area contributed by atoms with Gasteiger partial charge in [-0.2, -0.15) is 0 Å². The predicted octanol–water partition coefficient (Wildman–Crippen LogP) is 5.68. The third-order valence-corrected chi connectivity index (χ3v) is 9.44. The topological polar surface area (TPSA) is 64.6 Å². The molecule has 2 bridgehead atoms. The third-order valence-electron chi connectivity index (χ3n) is 9.44. The largest absolute Gasteiger partial charge is 0.378 e. The zero-order valence-electron chi connectivity index (χ0n) is 22.4. The van der Waals surface area contributed by atoms with Crippen molar-refractivity contribution < 1.29 is 9.90 Å². The second-order valence-corrected chi connectivity index (χ2v) is 12.0. The summed E-state index contributed by atoms with van der Waals surface area (Å²) in [5.41, 5.74) is 0.225. The summed E-state index contributed by atoms with van der Waals surface area (Å²) < 4.78 is 0. The molecule has 2 amide bonds. The van der Waals surface area contributed by atoms with Crippen molar-refractivity contribution in [1.29, 1.82) is 0 Å². The van der Waals surface area contributed by atoms with Gasteiger partial charge in [-0.1, -0.05) is 60.7 Å². The van der Waals surface area contributed by atoms with Gasteiger partial charge in [-0.05, 0) is 100 Å². The van der Waals surface area contributed by atoms with E-state index in [0.29, 0.717) is 0 Å². The van der Waals surface area contributed by atoms with Gasteiger partial charge in [0, 0.05) is 19.1 Å². The first-order chi connectivity index (χ1) is 18.0. The lowest BCUT2D eigenvalue weighted by molar-refractivity contribution is 0.0470. The monoisotopic (exact) mass is 503 g/mol. The van der Waals surface area contributed by atoms with Crippen molar-refractivity contribution in [1.82, 2.24) is 15.5 Å². The first kappa shape index (κ1) is 26.2. The van der Waals surface area contributed by atoms with Crippen molar-refractivity contribution in [2.75, 3.05) is 19.6 Å². The van der Waals surface area contributed by atoms with Gasteiger partial charge in [-0.25, -0.2) is 4.79 Å². The number of aliphatic hydroxyl groups is 1. The maximum Gasteiger partial charge on any atom is 0.315 e. The first-order valence-electron chi connectivity index (χ1n) is 14.6. The van der Waals surface area contributed by atoms with E-state index in [9.17, 15) is 9.90 Å². The molecule has 37 heavy (non-hydrogen) atoms. The molecule has 6 rings (SSSR count). The van der Waals surface area contributed by atoms with E-state index in [4.69, 9.17) is 0 Å². The van der Waals surface area contributed by atoms with Crippen molar-refractivity contribution in [3.63, 3.8) is 0 Å². The zero-order chi connectivity index (χ0) is 25.7. The summed E-state index contributed by atoms with van der Waals surface area (Å²) >= 11 is 0. The van der Waals surface area contributed by atoms with Crippen LogP contribution >= 0.6 is 0 Å². The van der Waals surface area contributed by atoms with Crippen LogP contribution in [0.1, 0.15) is 75.8 Å². The Labute approximate surface area is 223 Å². The highest BCUT2D eigenvalue weighted by molar-refractivity contribution is 5.75. The number of hydrogen-bond acceptors (Lipinski definition) is 3. The van der Waals surface area contributed by atoms with Crippen molar-refractivity contribution in [2.45, 2.75) is 82.4 Å². The Kier molecular flexibility index (Phi) is 8.51. The lowest BCUT2D eigenvalue weighted by Crippen LogP contribution is -2.54. The molecule has 0 aromatic heterocycles. The molecular weight excluding hydrogens is 458 g/mol. The Hall–Kier alpha value is -2.37. The Morgan fingerprint density at radius 1 is 0.865 bits per heavy atom. The minimum atomic E-state index is -1.32. The van der Waals surface area contributed by atoms with Crippen LogP contribution in [-0.4, -0.2) is 47.8 Å². The summed E-state index contributed by atoms with van der Waals surface area (Å²) in [5.74, 6) is 2.67. The van der Waals surface area contributed by atoms with E-state index in [-0.39, 0.29) is 12.1 Å². The molecule has 2 saturated heterocycles. The van der Waals surface area contributed by atoms with Crippen LogP contribution in [0.4, 0.5) is 4.79 Å². The molecule has 2 heterocycles. The third kappa shape index (κ3) is 6.38. The van der Waals surface area contributed by atoms with Gasteiger partial charge in [0.05, 0.1) is 6.04 Å². The smallest absolute Gasteiger partial charge is 0.315 e. The molecule has 0 radical (unpaired) electrons. The molecule has 2 aromatic carbocycles. The maximum atomic E-state index is 13.0. The van der Waals surface area contributed by atoms with Gasteiger partial charge in [0.2, 0.25) is 0 Å². The summed E-state index contributed by atoms with van der Waals surface area (Å²) in [5, 5.41) is 18.2. The molecule has 2 aliphatic carbocycles. The molecule has 5 heteroatoms. The summed E-state index contributed by atoms with van der Waals surface area (Å²) in [6.45, 7) is 5.78. The fourth-order valence-corrected chi connectivity index (χ4v) is 7.12. The molecule has 200 valence electrons. The molecule has 4 aliphatic rings. The number of nitrogens with zero attached hydrogens (tertiary/aromatic N) is 1. The van der Waals surface area contributed by atoms with Crippen LogP contribution in [0.5, 0.6) is 0 Å². The molecule has 2 aliphatic heterocycles. The number of fused-ring (bicyclic) bond motifs is 4. The van der Waals surface area contributed by atoms with Crippen LogP contribution in [0.2, 0.25) is 0 Å². The van der Waals surface area contributed by atoms with Gasteiger partial charge in [-0.15, -0.1) is 0 Å². The fraction of sp³-hybridized carbons (Fsp3) is 0.594. The number of nitrogens with one attached hydrogen (secondary N) is 2. The highest BCUT2D eigenvalue weighted by atomic mass is 16.3. The van der Waals surface area contributed by atoms with E-state index < -0.39 is 11.6 Å². The highest BCUT2D eigenvalue weighted by Crippen LogP contribution is 2.35. The maximum absolute atomic E-state index is 13.0. The van der Waals surface area contributed by atoms with E-state index in [1.54, 1.807) is 0 Å². The van der Waals surface area contributed by atoms with Crippen LogP contribution in [0.15, 0.2) is 60.7 Å². The van der Waals surface area contributed by atoms with E-state index in [2.05, 4.69) is 15.5 Å².